The second-order valence-corrected chi connectivity index (χ2v) is 2.88. The van der Waals surface area contributed by atoms with E-state index in [0.717, 1.165) is 24.8 Å². The van der Waals surface area contributed by atoms with Gasteiger partial charge in [-0.3, -0.25) is 0 Å². The van der Waals surface area contributed by atoms with Gasteiger partial charge in [0.15, 0.2) is 0 Å². The SMILES string of the molecule is O/C=C1/CCCc2[nH]ccc21. The van der Waals surface area contributed by atoms with Crippen molar-refractivity contribution in [1.29, 1.82) is 0 Å². The van der Waals surface area contributed by atoms with E-state index in [4.69, 9.17) is 5.11 Å². The van der Waals surface area contributed by atoms with Gasteiger partial charge in [-0.05, 0) is 30.9 Å². The Morgan fingerprint density at radius 1 is 1.45 bits per heavy atom. The zero-order valence-electron chi connectivity index (χ0n) is 6.30. The summed E-state index contributed by atoms with van der Waals surface area (Å²) < 4.78 is 0. The summed E-state index contributed by atoms with van der Waals surface area (Å²) in [5.41, 5.74) is 3.52. The van der Waals surface area contributed by atoms with Gasteiger partial charge in [0.2, 0.25) is 0 Å². The van der Waals surface area contributed by atoms with E-state index in [1.807, 2.05) is 12.3 Å². The van der Waals surface area contributed by atoms with Crippen LogP contribution in [0.2, 0.25) is 0 Å². The van der Waals surface area contributed by atoms with Crippen molar-refractivity contribution in [3.63, 3.8) is 0 Å². The molecule has 0 spiro atoms. The van der Waals surface area contributed by atoms with Gasteiger partial charge in [0, 0.05) is 17.5 Å². The van der Waals surface area contributed by atoms with Crippen molar-refractivity contribution in [2.75, 3.05) is 0 Å². The van der Waals surface area contributed by atoms with Crippen molar-refractivity contribution in [3.8, 4) is 0 Å². The Kier molecular flexibility index (Phi) is 1.46. The molecule has 0 saturated heterocycles. The van der Waals surface area contributed by atoms with Crippen molar-refractivity contribution in [3.05, 3.63) is 29.8 Å². The number of nitrogens with one attached hydrogen (secondary N) is 1. The van der Waals surface area contributed by atoms with Crippen LogP contribution in [0.4, 0.5) is 0 Å². The predicted molar refractivity (Wildman–Crippen MR) is 44.3 cm³/mol. The first-order valence-corrected chi connectivity index (χ1v) is 3.91. The predicted octanol–water partition coefficient (Wildman–Crippen LogP) is 2.25. The number of H-pyrrole nitrogens is 1. The van der Waals surface area contributed by atoms with Gasteiger partial charge in [0.05, 0.1) is 6.26 Å². The Balaban J connectivity index is 2.48. The fourth-order valence-electron chi connectivity index (χ4n) is 1.64. The molecule has 1 aliphatic rings. The maximum absolute atomic E-state index is 8.88. The van der Waals surface area contributed by atoms with E-state index in [2.05, 4.69) is 4.98 Å². The van der Waals surface area contributed by atoms with E-state index in [1.54, 1.807) is 0 Å². The third-order valence-corrected chi connectivity index (χ3v) is 2.21. The summed E-state index contributed by atoms with van der Waals surface area (Å²) in [6, 6.07) is 2.02. The molecule has 0 aromatic carbocycles. The quantitative estimate of drug-likeness (QED) is 0.545. The van der Waals surface area contributed by atoms with Crippen molar-refractivity contribution < 1.29 is 5.11 Å². The molecule has 0 amide bonds. The van der Waals surface area contributed by atoms with E-state index in [9.17, 15) is 0 Å². The Morgan fingerprint density at radius 2 is 2.36 bits per heavy atom. The second-order valence-electron chi connectivity index (χ2n) is 2.88. The number of rotatable bonds is 0. The molecule has 0 bridgehead atoms. The van der Waals surface area contributed by atoms with Gasteiger partial charge in [0.25, 0.3) is 0 Å². The number of hydrogen-bond donors (Lipinski definition) is 2. The average molecular weight is 149 g/mol. The van der Waals surface area contributed by atoms with Crippen LogP contribution in [0.15, 0.2) is 18.5 Å². The normalized spacial score (nSPS) is 20.2. The Hall–Kier alpha value is -1.18. The summed E-state index contributed by atoms with van der Waals surface area (Å²) in [6.07, 6.45) is 6.41. The number of aliphatic hydroxyl groups is 1. The smallest absolute Gasteiger partial charge is 0.0830 e. The fourth-order valence-corrected chi connectivity index (χ4v) is 1.64. The molecule has 1 aromatic rings. The minimum Gasteiger partial charge on any atom is -0.515 e. The molecule has 0 unspecified atom stereocenters. The highest BCUT2D eigenvalue weighted by Gasteiger charge is 2.13. The first-order valence-electron chi connectivity index (χ1n) is 3.91. The van der Waals surface area contributed by atoms with Gasteiger partial charge < -0.3 is 10.1 Å². The van der Waals surface area contributed by atoms with Crippen molar-refractivity contribution >= 4 is 5.57 Å². The van der Waals surface area contributed by atoms with E-state index in [1.165, 1.54) is 17.5 Å². The van der Waals surface area contributed by atoms with Gasteiger partial charge in [-0.15, -0.1) is 0 Å². The van der Waals surface area contributed by atoms with E-state index in [-0.39, 0.29) is 0 Å². The lowest BCUT2D eigenvalue weighted by molar-refractivity contribution is 0.473. The van der Waals surface area contributed by atoms with Crippen LogP contribution >= 0.6 is 0 Å². The molecule has 58 valence electrons. The minimum absolute atomic E-state index is 1.00. The number of aryl methyl sites for hydroxylation is 1. The molecule has 0 radical (unpaired) electrons. The molecule has 0 aliphatic heterocycles. The Morgan fingerprint density at radius 3 is 3.18 bits per heavy atom. The van der Waals surface area contributed by atoms with Crippen molar-refractivity contribution in [1.82, 2.24) is 4.98 Å². The molecule has 0 saturated carbocycles. The van der Waals surface area contributed by atoms with Crippen LogP contribution in [0, 0.1) is 0 Å². The number of fused-ring (bicyclic) bond motifs is 1. The summed E-state index contributed by atoms with van der Waals surface area (Å²) in [5, 5.41) is 8.88. The zero-order valence-corrected chi connectivity index (χ0v) is 6.30. The van der Waals surface area contributed by atoms with Gasteiger partial charge in [-0.1, -0.05) is 0 Å². The van der Waals surface area contributed by atoms with Crippen molar-refractivity contribution in [2.24, 2.45) is 0 Å². The van der Waals surface area contributed by atoms with Gasteiger partial charge in [-0.2, -0.15) is 0 Å². The molecule has 1 aromatic heterocycles. The topological polar surface area (TPSA) is 36.0 Å². The van der Waals surface area contributed by atoms with Gasteiger partial charge >= 0.3 is 0 Å². The molecule has 0 fully saturated rings. The summed E-state index contributed by atoms with van der Waals surface area (Å²) in [7, 11) is 0. The highest BCUT2D eigenvalue weighted by molar-refractivity contribution is 5.68. The monoisotopic (exact) mass is 149 g/mol. The molecule has 2 N–H and O–H groups in total. The molecule has 2 heteroatoms. The van der Waals surface area contributed by atoms with Crippen LogP contribution < -0.4 is 0 Å². The lowest BCUT2D eigenvalue weighted by Crippen LogP contribution is -1.99. The second kappa shape index (κ2) is 2.46. The first-order chi connectivity index (χ1) is 5.42. The fraction of sp³-hybridized carbons (Fsp3) is 0.333. The maximum Gasteiger partial charge on any atom is 0.0830 e. The highest BCUT2D eigenvalue weighted by Crippen LogP contribution is 2.28. The molecule has 2 rings (SSSR count). The molecule has 1 heterocycles. The van der Waals surface area contributed by atoms with Crippen LogP contribution in [-0.2, 0) is 6.42 Å². The van der Waals surface area contributed by atoms with E-state index >= 15 is 0 Å². The summed E-state index contributed by atoms with van der Waals surface area (Å²) in [6.45, 7) is 0. The Labute approximate surface area is 65.6 Å². The minimum atomic E-state index is 1.00. The van der Waals surface area contributed by atoms with Gasteiger partial charge in [-0.25, -0.2) is 0 Å². The van der Waals surface area contributed by atoms with Crippen LogP contribution in [0.5, 0.6) is 0 Å². The largest absolute Gasteiger partial charge is 0.515 e. The average Bonchev–Trinajstić information content (AvgIpc) is 2.50. The van der Waals surface area contributed by atoms with Crippen LogP contribution in [-0.4, -0.2) is 10.1 Å². The number of aromatic nitrogens is 1. The molecule has 1 aliphatic carbocycles. The van der Waals surface area contributed by atoms with Crippen LogP contribution in [0.1, 0.15) is 24.1 Å². The van der Waals surface area contributed by atoms with E-state index in [0.29, 0.717) is 0 Å². The number of aromatic amines is 1. The summed E-state index contributed by atoms with van der Waals surface area (Å²) in [5.74, 6) is 0. The van der Waals surface area contributed by atoms with Crippen molar-refractivity contribution in [2.45, 2.75) is 19.3 Å². The summed E-state index contributed by atoms with van der Waals surface area (Å²) in [4.78, 5) is 3.17. The number of aliphatic hydroxyl groups excluding tert-OH is 1. The van der Waals surface area contributed by atoms with Crippen LogP contribution in [0.3, 0.4) is 0 Å². The lowest BCUT2D eigenvalue weighted by Gasteiger charge is -2.12. The lowest BCUT2D eigenvalue weighted by atomic mass is 9.94. The molecule has 0 atom stereocenters. The number of hydrogen-bond acceptors (Lipinski definition) is 1. The van der Waals surface area contributed by atoms with E-state index < -0.39 is 0 Å². The number of allylic oxidation sites excluding steroid dienone is 1. The third-order valence-electron chi connectivity index (χ3n) is 2.21. The first kappa shape index (κ1) is 6.53. The molecule has 2 nitrogen and oxygen atoms in total. The maximum atomic E-state index is 8.88. The molecular formula is C9H11NO. The summed E-state index contributed by atoms with van der Waals surface area (Å²) >= 11 is 0. The standard InChI is InChI=1S/C9H11NO/c11-6-7-2-1-3-9-8(7)4-5-10-9/h4-6,10-11H,1-3H2/b7-6-. The third kappa shape index (κ3) is 0.946. The highest BCUT2D eigenvalue weighted by atomic mass is 16.2. The molecular weight excluding hydrogens is 138 g/mol. The Bertz CT molecular complexity index is 286. The molecule has 11 heavy (non-hydrogen) atoms. The van der Waals surface area contributed by atoms with Gasteiger partial charge in [0.1, 0.15) is 0 Å². The zero-order chi connectivity index (χ0) is 7.68. The van der Waals surface area contributed by atoms with Crippen LogP contribution in [0.25, 0.3) is 5.57 Å².